The number of nitrogens with two attached hydrogens (primary N) is 1. The lowest BCUT2D eigenvalue weighted by atomic mass is 10.0. The molecule has 2 aromatic rings. The average molecular weight is 272 g/mol. The van der Waals surface area contributed by atoms with Crippen molar-refractivity contribution in [1.29, 1.82) is 0 Å². The van der Waals surface area contributed by atoms with Gasteiger partial charge < -0.3 is 5.73 Å². The molecule has 0 saturated heterocycles. The second-order valence-corrected chi connectivity index (χ2v) is 5.91. The number of rotatable bonds is 6. The van der Waals surface area contributed by atoms with Gasteiger partial charge in [-0.2, -0.15) is 5.10 Å². The maximum atomic E-state index is 6.25. The molecule has 1 heterocycles. The molecule has 4 heteroatoms. The van der Waals surface area contributed by atoms with Gasteiger partial charge in [0, 0.05) is 19.0 Å². The Morgan fingerprint density at radius 2 is 1.85 bits per heavy atom. The van der Waals surface area contributed by atoms with Gasteiger partial charge in [-0.15, -0.1) is 0 Å². The van der Waals surface area contributed by atoms with E-state index in [0.29, 0.717) is 5.92 Å². The summed E-state index contributed by atoms with van der Waals surface area (Å²) >= 11 is 0. The number of aryl methyl sites for hydroxylation is 1. The minimum absolute atomic E-state index is 0.0767. The van der Waals surface area contributed by atoms with Gasteiger partial charge >= 0.3 is 0 Å². The van der Waals surface area contributed by atoms with Crippen molar-refractivity contribution in [2.45, 2.75) is 46.2 Å². The van der Waals surface area contributed by atoms with E-state index in [1.165, 1.54) is 11.1 Å². The topological polar surface area (TPSA) is 56.7 Å². The molecule has 0 aliphatic rings. The minimum atomic E-state index is 0.0767. The molecule has 0 aliphatic carbocycles. The maximum Gasteiger partial charge on any atom is 0.138 e. The van der Waals surface area contributed by atoms with Gasteiger partial charge in [0.1, 0.15) is 12.2 Å². The molecule has 1 aromatic heterocycles. The third-order valence-electron chi connectivity index (χ3n) is 3.30. The zero-order valence-corrected chi connectivity index (χ0v) is 12.6. The molecule has 0 fully saturated rings. The Balaban J connectivity index is 1.96. The quantitative estimate of drug-likeness (QED) is 0.878. The third-order valence-corrected chi connectivity index (χ3v) is 3.30. The van der Waals surface area contributed by atoms with E-state index in [4.69, 9.17) is 5.73 Å². The molecule has 2 N–H and O–H groups in total. The molecule has 108 valence electrons. The molecular formula is C16H24N4. The summed E-state index contributed by atoms with van der Waals surface area (Å²) in [6, 6.07) is 8.63. The zero-order valence-electron chi connectivity index (χ0n) is 12.6. The highest BCUT2D eigenvalue weighted by Crippen LogP contribution is 2.09. The number of hydrogen-bond donors (Lipinski definition) is 1. The number of nitrogens with zero attached hydrogens (tertiary/aromatic N) is 3. The smallest absolute Gasteiger partial charge is 0.138 e. The van der Waals surface area contributed by atoms with Crippen molar-refractivity contribution in [1.82, 2.24) is 14.8 Å². The fourth-order valence-electron chi connectivity index (χ4n) is 2.28. The normalized spacial score (nSPS) is 12.8. The third kappa shape index (κ3) is 4.17. The van der Waals surface area contributed by atoms with E-state index in [2.05, 4.69) is 55.1 Å². The fraction of sp³-hybridized carbons (Fsp3) is 0.500. The van der Waals surface area contributed by atoms with E-state index < -0.39 is 0 Å². The van der Waals surface area contributed by atoms with Crippen LogP contribution in [0.2, 0.25) is 0 Å². The largest absolute Gasteiger partial charge is 0.327 e. The van der Waals surface area contributed by atoms with Crippen LogP contribution >= 0.6 is 0 Å². The first-order valence-corrected chi connectivity index (χ1v) is 7.22. The lowest BCUT2D eigenvalue weighted by Crippen LogP contribution is -2.27. The first-order valence-electron chi connectivity index (χ1n) is 7.22. The van der Waals surface area contributed by atoms with Gasteiger partial charge in [-0.25, -0.2) is 9.67 Å². The Hall–Kier alpha value is -1.68. The highest BCUT2D eigenvalue weighted by Gasteiger charge is 2.11. The van der Waals surface area contributed by atoms with Crippen LogP contribution < -0.4 is 5.73 Å². The second kappa shape index (κ2) is 6.66. The summed E-state index contributed by atoms with van der Waals surface area (Å²) in [7, 11) is 0. The Labute approximate surface area is 121 Å². The van der Waals surface area contributed by atoms with Gasteiger partial charge in [-0.3, -0.25) is 0 Å². The van der Waals surface area contributed by atoms with Crippen LogP contribution in [0.15, 0.2) is 30.6 Å². The van der Waals surface area contributed by atoms with E-state index in [-0.39, 0.29) is 6.04 Å². The predicted octanol–water partition coefficient (Wildman–Crippen LogP) is 2.36. The lowest BCUT2D eigenvalue weighted by molar-refractivity contribution is 0.457. The summed E-state index contributed by atoms with van der Waals surface area (Å²) in [5.74, 6) is 1.54. The number of aromatic nitrogens is 3. The van der Waals surface area contributed by atoms with Crippen LogP contribution in [0.1, 0.15) is 30.8 Å². The molecule has 0 aliphatic heterocycles. The molecule has 0 bridgehead atoms. The summed E-state index contributed by atoms with van der Waals surface area (Å²) in [5, 5.41) is 4.28. The van der Waals surface area contributed by atoms with Crippen molar-refractivity contribution in [2.24, 2.45) is 11.7 Å². The van der Waals surface area contributed by atoms with Crippen molar-refractivity contribution in [2.75, 3.05) is 0 Å². The van der Waals surface area contributed by atoms with Gasteiger partial charge in [-0.1, -0.05) is 43.7 Å². The second-order valence-electron chi connectivity index (χ2n) is 5.91. The van der Waals surface area contributed by atoms with Crippen LogP contribution in [0.3, 0.4) is 0 Å². The summed E-state index contributed by atoms with van der Waals surface area (Å²) in [5.41, 5.74) is 8.81. The van der Waals surface area contributed by atoms with Crippen LogP contribution in [0.5, 0.6) is 0 Å². The van der Waals surface area contributed by atoms with Crippen molar-refractivity contribution < 1.29 is 0 Å². The van der Waals surface area contributed by atoms with Crippen molar-refractivity contribution >= 4 is 0 Å². The molecule has 20 heavy (non-hydrogen) atoms. The summed E-state index contributed by atoms with van der Waals surface area (Å²) in [6.45, 7) is 7.35. The highest BCUT2D eigenvalue weighted by molar-refractivity contribution is 5.22. The van der Waals surface area contributed by atoms with E-state index >= 15 is 0 Å². The summed E-state index contributed by atoms with van der Waals surface area (Å²) in [4.78, 5) is 4.34. The van der Waals surface area contributed by atoms with Crippen LogP contribution in [0.25, 0.3) is 0 Å². The SMILES string of the molecule is Cc1ccc(CC(N)Cc2ncnn2CC(C)C)cc1. The molecule has 0 spiro atoms. The molecule has 1 atom stereocenters. The van der Waals surface area contributed by atoms with Gasteiger partial charge in [0.2, 0.25) is 0 Å². The van der Waals surface area contributed by atoms with E-state index in [1.807, 2.05) is 4.68 Å². The van der Waals surface area contributed by atoms with Gasteiger partial charge in [0.15, 0.2) is 0 Å². The predicted molar refractivity (Wildman–Crippen MR) is 81.4 cm³/mol. The zero-order chi connectivity index (χ0) is 14.5. The number of hydrogen-bond acceptors (Lipinski definition) is 3. The van der Waals surface area contributed by atoms with Crippen LogP contribution in [0, 0.1) is 12.8 Å². The molecule has 2 rings (SSSR count). The summed E-state index contributed by atoms with van der Waals surface area (Å²) in [6.07, 6.45) is 3.26. The molecule has 0 amide bonds. The minimum Gasteiger partial charge on any atom is -0.327 e. The first kappa shape index (κ1) is 14.7. The monoisotopic (exact) mass is 272 g/mol. The summed E-state index contributed by atoms with van der Waals surface area (Å²) < 4.78 is 1.97. The van der Waals surface area contributed by atoms with Gasteiger partial charge in [0.05, 0.1) is 0 Å². The van der Waals surface area contributed by atoms with E-state index in [0.717, 1.165) is 25.2 Å². The Kier molecular flexibility index (Phi) is 4.90. The lowest BCUT2D eigenvalue weighted by Gasteiger charge is -2.13. The molecule has 1 aromatic carbocycles. The van der Waals surface area contributed by atoms with Crippen LogP contribution in [-0.2, 0) is 19.4 Å². The molecular weight excluding hydrogens is 248 g/mol. The molecule has 0 radical (unpaired) electrons. The fourth-order valence-corrected chi connectivity index (χ4v) is 2.28. The molecule has 4 nitrogen and oxygen atoms in total. The van der Waals surface area contributed by atoms with E-state index in [1.54, 1.807) is 6.33 Å². The van der Waals surface area contributed by atoms with Gasteiger partial charge in [0.25, 0.3) is 0 Å². The Bertz CT molecular complexity index is 528. The Morgan fingerprint density at radius 1 is 1.15 bits per heavy atom. The molecule has 1 unspecified atom stereocenters. The van der Waals surface area contributed by atoms with E-state index in [9.17, 15) is 0 Å². The van der Waals surface area contributed by atoms with Crippen molar-refractivity contribution in [3.63, 3.8) is 0 Å². The standard InChI is InChI=1S/C16H24N4/c1-12(2)10-20-16(18-11-19-20)9-15(17)8-14-6-4-13(3)5-7-14/h4-7,11-12,15H,8-10,17H2,1-3H3. The average Bonchev–Trinajstić information content (AvgIpc) is 2.78. The van der Waals surface area contributed by atoms with Crippen LogP contribution in [0.4, 0.5) is 0 Å². The molecule has 0 saturated carbocycles. The van der Waals surface area contributed by atoms with Crippen molar-refractivity contribution in [3.8, 4) is 0 Å². The highest BCUT2D eigenvalue weighted by atomic mass is 15.3. The first-order chi connectivity index (χ1) is 9.54. The maximum absolute atomic E-state index is 6.25. The van der Waals surface area contributed by atoms with Gasteiger partial charge in [-0.05, 0) is 24.8 Å². The number of benzene rings is 1. The van der Waals surface area contributed by atoms with Crippen molar-refractivity contribution in [3.05, 3.63) is 47.5 Å². The van der Waals surface area contributed by atoms with Crippen LogP contribution in [-0.4, -0.2) is 20.8 Å². The Morgan fingerprint density at radius 3 is 2.50 bits per heavy atom.